The monoisotopic (exact) mass is 204 g/mol. The van der Waals surface area contributed by atoms with E-state index in [4.69, 9.17) is 19.3 Å². The second kappa shape index (κ2) is 2.90. The molecule has 0 aliphatic carbocycles. The highest BCUT2D eigenvalue weighted by atomic mass is 16.8. The third-order valence-electron chi connectivity index (χ3n) is 2.75. The minimum atomic E-state index is -1.20. The van der Waals surface area contributed by atoms with E-state index in [2.05, 4.69) is 0 Å². The fourth-order valence-electron chi connectivity index (χ4n) is 1.94. The molecule has 2 aliphatic rings. The van der Waals surface area contributed by atoms with Gasteiger partial charge in [0.05, 0.1) is 6.61 Å². The van der Waals surface area contributed by atoms with Crippen molar-refractivity contribution in [2.75, 3.05) is 6.61 Å². The molecule has 2 fully saturated rings. The van der Waals surface area contributed by atoms with Gasteiger partial charge in [-0.1, -0.05) is 0 Å². The predicted molar refractivity (Wildman–Crippen MR) is 46.4 cm³/mol. The average Bonchev–Trinajstić information content (AvgIpc) is 2.45. The lowest BCUT2D eigenvalue weighted by Gasteiger charge is -2.29. The van der Waals surface area contributed by atoms with E-state index in [0.29, 0.717) is 0 Å². The first-order valence-corrected chi connectivity index (χ1v) is 4.71. The molecule has 0 radical (unpaired) electrons. The van der Waals surface area contributed by atoms with Crippen molar-refractivity contribution in [3.05, 3.63) is 0 Å². The van der Waals surface area contributed by atoms with E-state index in [1.54, 1.807) is 20.8 Å². The number of hydrogen-bond donors (Lipinski definition) is 2. The van der Waals surface area contributed by atoms with Crippen molar-refractivity contribution >= 4 is 0 Å². The summed E-state index contributed by atoms with van der Waals surface area (Å²) in [5.41, 5.74) is -1.20. The van der Waals surface area contributed by atoms with Crippen LogP contribution in [-0.4, -0.2) is 46.7 Å². The van der Waals surface area contributed by atoms with E-state index in [9.17, 15) is 5.11 Å². The second-order valence-corrected chi connectivity index (χ2v) is 4.46. The third kappa shape index (κ3) is 1.36. The summed E-state index contributed by atoms with van der Waals surface area (Å²) in [5.74, 6) is -0.736. The van der Waals surface area contributed by atoms with Crippen LogP contribution in [0.1, 0.15) is 20.8 Å². The van der Waals surface area contributed by atoms with E-state index < -0.39 is 29.9 Å². The summed E-state index contributed by atoms with van der Waals surface area (Å²) in [4.78, 5) is 0. The standard InChI is InChI=1S/C9H16O5/c1-8(2)13-6-7(14-8)12-5(4-10)9(6,3)11/h5-7,10-11H,4H2,1-3H3/t5-,6+,7-,9-/m1/s1. The van der Waals surface area contributed by atoms with E-state index in [1.807, 2.05) is 0 Å². The van der Waals surface area contributed by atoms with Gasteiger partial charge < -0.3 is 24.4 Å². The summed E-state index contributed by atoms with van der Waals surface area (Å²) >= 11 is 0. The lowest BCUT2D eigenvalue weighted by atomic mass is 9.95. The van der Waals surface area contributed by atoms with Crippen LogP contribution in [0.5, 0.6) is 0 Å². The summed E-state index contributed by atoms with van der Waals surface area (Å²) in [6.45, 7) is 4.87. The molecule has 0 bridgehead atoms. The molecule has 2 heterocycles. The van der Waals surface area contributed by atoms with Gasteiger partial charge in [0, 0.05) is 0 Å². The Morgan fingerprint density at radius 1 is 1.21 bits per heavy atom. The molecule has 14 heavy (non-hydrogen) atoms. The minimum absolute atomic E-state index is 0.243. The minimum Gasteiger partial charge on any atom is -0.394 e. The number of fused-ring (bicyclic) bond motifs is 1. The van der Waals surface area contributed by atoms with Crippen LogP contribution >= 0.6 is 0 Å². The molecule has 2 rings (SSSR count). The Morgan fingerprint density at radius 2 is 1.86 bits per heavy atom. The van der Waals surface area contributed by atoms with Crippen molar-refractivity contribution in [3.63, 3.8) is 0 Å². The van der Waals surface area contributed by atoms with Crippen LogP contribution < -0.4 is 0 Å². The zero-order valence-electron chi connectivity index (χ0n) is 8.56. The summed E-state index contributed by atoms with van der Waals surface area (Å²) in [6.07, 6.45) is -1.76. The number of aliphatic hydroxyl groups excluding tert-OH is 1. The van der Waals surface area contributed by atoms with Crippen LogP contribution in [0.25, 0.3) is 0 Å². The molecule has 82 valence electrons. The van der Waals surface area contributed by atoms with E-state index in [0.717, 1.165) is 0 Å². The van der Waals surface area contributed by atoms with Crippen molar-refractivity contribution in [3.8, 4) is 0 Å². The molecule has 5 heteroatoms. The van der Waals surface area contributed by atoms with Crippen molar-refractivity contribution < 1.29 is 24.4 Å². The molecule has 0 aromatic rings. The molecule has 0 amide bonds. The van der Waals surface area contributed by atoms with Crippen molar-refractivity contribution in [1.82, 2.24) is 0 Å². The van der Waals surface area contributed by atoms with Crippen LogP contribution in [0.2, 0.25) is 0 Å². The van der Waals surface area contributed by atoms with E-state index in [-0.39, 0.29) is 6.61 Å². The van der Waals surface area contributed by atoms with Gasteiger partial charge in [-0.3, -0.25) is 0 Å². The van der Waals surface area contributed by atoms with Crippen LogP contribution in [0.15, 0.2) is 0 Å². The van der Waals surface area contributed by atoms with E-state index in [1.165, 1.54) is 0 Å². The molecule has 4 atom stereocenters. The zero-order valence-corrected chi connectivity index (χ0v) is 8.56. The highest BCUT2D eigenvalue weighted by molar-refractivity contribution is 5.01. The van der Waals surface area contributed by atoms with Crippen LogP contribution in [0.4, 0.5) is 0 Å². The Kier molecular flexibility index (Phi) is 2.14. The molecule has 5 nitrogen and oxygen atoms in total. The van der Waals surface area contributed by atoms with Gasteiger partial charge in [-0.2, -0.15) is 0 Å². The summed E-state index contributed by atoms with van der Waals surface area (Å²) in [6, 6.07) is 0. The number of rotatable bonds is 1. The van der Waals surface area contributed by atoms with Crippen LogP contribution in [-0.2, 0) is 14.2 Å². The van der Waals surface area contributed by atoms with Gasteiger partial charge in [-0.25, -0.2) is 0 Å². The molecule has 2 saturated heterocycles. The molecule has 0 aromatic heterocycles. The Labute approximate surface area is 82.6 Å². The fraction of sp³-hybridized carbons (Fsp3) is 1.00. The molecule has 0 spiro atoms. The lowest BCUT2D eigenvalue weighted by Crippen LogP contribution is -2.47. The molecular weight excluding hydrogens is 188 g/mol. The molecular formula is C9H16O5. The topological polar surface area (TPSA) is 68.2 Å². The number of aliphatic hydroxyl groups is 2. The molecule has 2 aliphatic heterocycles. The van der Waals surface area contributed by atoms with Crippen molar-refractivity contribution in [2.24, 2.45) is 0 Å². The van der Waals surface area contributed by atoms with Gasteiger partial charge in [-0.05, 0) is 20.8 Å². The van der Waals surface area contributed by atoms with Gasteiger partial charge in [0.1, 0.15) is 17.8 Å². The zero-order chi connectivity index (χ0) is 10.6. The third-order valence-corrected chi connectivity index (χ3v) is 2.75. The Hall–Kier alpha value is -0.200. The van der Waals surface area contributed by atoms with Gasteiger partial charge >= 0.3 is 0 Å². The van der Waals surface area contributed by atoms with E-state index >= 15 is 0 Å². The maximum Gasteiger partial charge on any atom is 0.190 e. The highest BCUT2D eigenvalue weighted by Gasteiger charge is 2.60. The largest absolute Gasteiger partial charge is 0.394 e. The van der Waals surface area contributed by atoms with Gasteiger partial charge in [0.25, 0.3) is 0 Å². The van der Waals surface area contributed by atoms with Crippen LogP contribution in [0, 0.1) is 0 Å². The first-order chi connectivity index (χ1) is 6.37. The average molecular weight is 204 g/mol. The quantitative estimate of drug-likeness (QED) is 0.608. The molecule has 0 unspecified atom stereocenters. The van der Waals surface area contributed by atoms with Gasteiger partial charge in [0.15, 0.2) is 12.1 Å². The lowest BCUT2D eigenvalue weighted by molar-refractivity contribution is -0.230. The first-order valence-electron chi connectivity index (χ1n) is 4.71. The normalized spacial score (nSPS) is 50.8. The summed E-state index contributed by atoms with van der Waals surface area (Å²) < 4.78 is 16.3. The fourth-order valence-corrected chi connectivity index (χ4v) is 1.94. The Bertz CT molecular complexity index is 237. The molecule has 2 N–H and O–H groups in total. The second-order valence-electron chi connectivity index (χ2n) is 4.46. The smallest absolute Gasteiger partial charge is 0.190 e. The Balaban J connectivity index is 2.18. The molecule has 0 saturated carbocycles. The van der Waals surface area contributed by atoms with Crippen molar-refractivity contribution in [2.45, 2.75) is 50.7 Å². The number of hydrogen-bond acceptors (Lipinski definition) is 5. The predicted octanol–water partition coefficient (Wildman–Crippen LogP) is -0.394. The maximum atomic E-state index is 10.1. The first kappa shape index (κ1) is 10.3. The van der Waals surface area contributed by atoms with Gasteiger partial charge in [-0.15, -0.1) is 0 Å². The molecule has 0 aromatic carbocycles. The maximum absolute atomic E-state index is 10.1. The van der Waals surface area contributed by atoms with Crippen LogP contribution in [0.3, 0.4) is 0 Å². The SMILES string of the molecule is CC1(C)O[C@H]2O[C@H](CO)[C@@](C)(O)[C@H]2O1. The summed E-state index contributed by atoms with van der Waals surface area (Å²) in [5, 5.41) is 19.1. The van der Waals surface area contributed by atoms with Gasteiger partial charge in [0.2, 0.25) is 0 Å². The van der Waals surface area contributed by atoms with Crippen molar-refractivity contribution in [1.29, 1.82) is 0 Å². The number of ether oxygens (including phenoxy) is 3. The summed E-state index contributed by atoms with van der Waals surface area (Å²) in [7, 11) is 0. The Morgan fingerprint density at radius 3 is 2.36 bits per heavy atom. The highest BCUT2D eigenvalue weighted by Crippen LogP contribution is 2.42.